The van der Waals surface area contributed by atoms with E-state index in [1.165, 1.54) is 0 Å². The van der Waals surface area contributed by atoms with Gasteiger partial charge >= 0.3 is 0 Å². The van der Waals surface area contributed by atoms with E-state index in [2.05, 4.69) is 5.10 Å². The molecule has 0 radical (unpaired) electrons. The van der Waals surface area contributed by atoms with E-state index >= 15 is 0 Å². The number of hydrogen-bond donors (Lipinski definition) is 0. The predicted octanol–water partition coefficient (Wildman–Crippen LogP) is 4.40. The first-order chi connectivity index (χ1) is 9.15. The molecule has 19 heavy (non-hydrogen) atoms. The highest BCUT2D eigenvalue weighted by atomic mass is 35.5. The Morgan fingerprint density at radius 3 is 2.58 bits per heavy atom. The number of rotatable bonds is 2. The molecular formula is C15H13ClN2O. The first kappa shape index (κ1) is 12.1. The zero-order valence-electron chi connectivity index (χ0n) is 10.7. The molecule has 0 saturated heterocycles. The van der Waals surface area contributed by atoms with E-state index in [1.807, 2.05) is 54.9 Å². The summed E-state index contributed by atoms with van der Waals surface area (Å²) in [6.45, 7) is 3.98. The van der Waals surface area contributed by atoms with Crippen LogP contribution in [0.1, 0.15) is 11.4 Å². The molecule has 0 unspecified atom stereocenters. The van der Waals surface area contributed by atoms with Crippen LogP contribution in [0.3, 0.4) is 0 Å². The van der Waals surface area contributed by atoms with Crippen LogP contribution in [0.5, 0.6) is 0 Å². The van der Waals surface area contributed by atoms with Crippen LogP contribution in [0.15, 0.2) is 47.1 Å². The molecule has 2 aromatic heterocycles. The molecule has 0 spiro atoms. The van der Waals surface area contributed by atoms with Crippen LogP contribution in [0.25, 0.3) is 17.0 Å². The van der Waals surface area contributed by atoms with Gasteiger partial charge in [0.15, 0.2) is 0 Å². The highest BCUT2D eigenvalue weighted by Gasteiger charge is 2.10. The average molecular weight is 273 g/mol. The fourth-order valence-corrected chi connectivity index (χ4v) is 2.41. The lowest BCUT2D eigenvalue weighted by Crippen LogP contribution is -1.99. The average Bonchev–Trinajstić information content (AvgIpc) is 2.99. The molecule has 2 heterocycles. The highest BCUT2D eigenvalue weighted by Crippen LogP contribution is 2.28. The van der Waals surface area contributed by atoms with Gasteiger partial charge in [0.2, 0.25) is 0 Å². The maximum absolute atomic E-state index is 6.36. The number of aromatic nitrogens is 2. The zero-order chi connectivity index (χ0) is 13.4. The molecule has 0 fully saturated rings. The molecule has 96 valence electrons. The van der Waals surface area contributed by atoms with E-state index in [9.17, 15) is 0 Å². The van der Waals surface area contributed by atoms with Crippen molar-refractivity contribution >= 4 is 11.6 Å². The summed E-state index contributed by atoms with van der Waals surface area (Å²) >= 11 is 6.36. The van der Waals surface area contributed by atoms with E-state index in [0.29, 0.717) is 5.02 Å². The number of benzene rings is 1. The molecule has 0 aliphatic heterocycles. The molecule has 0 amide bonds. The first-order valence-electron chi connectivity index (χ1n) is 6.02. The lowest BCUT2D eigenvalue weighted by Gasteiger charge is -2.08. The Morgan fingerprint density at radius 2 is 2.00 bits per heavy atom. The van der Waals surface area contributed by atoms with Crippen molar-refractivity contribution in [2.75, 3.05) is 0 Å². The summed E-state index contributed by atoms with van der Waals surface area (Å²) in [5, 5.41) is 5.10. The minimum atomic E-state index is 0.653. The summed E-state index contributed by atoms with van der Waals surface area (Å²) in [6, 6.07) is 11.6. The van der Waals surface area contributed by atoms with Gasteiger partial charge in [0.05, 0.1) is 22.7 Å². The van der Waals surface area contributed by atoms with E-state index < -0.39 is 0 Å². The largest absolute Gasteiger partial charge is 0.464 e. The minimum absolute atomic E-state index is 0.653. The molecule has 4 heteroatoms. The fraction of sp³-hybridized carbons (Fsp3) is 0.133. The van der Waals surface area contributed by atoms with Crippen molar-refractivity contribution in [3.63, 3.8) is 0 Å². The molecular weight excluding hydrogens is 260 g/mol. The Labute approximate surface area is 116 Å². The maximum Gasteiger partial charge on any atom is 0.133 e. The number of halogens is 1. The molecule has 0 saturated carbocycles. The molecule has 3 nitrogen and oxygen atoms in total. The minimum Gasteiger partial charge on any atom is -0.464 e. The normalized spacial score (nSPS) is 10.9. The summed E-state index contributed by atoms with van der Waals surface area (Å²) in [7, 11) is 0. The quantitative estimate of drug-likeness (QED) is 0.692. The topological polar surface area (TPSA) is 31.0 Å². The van der Waals surface area contributed by atoms with Crippen LogP contribution in [0.4, 0.5) is 0 Å². The monoisotopic (exact) mass is 272 g/mol. The van der Waals surface area contributed by atoms with Crippen LogP contribution in [0.2, 0.25) is 5.02 Å². The second-order valence-electron chi connectivity index (χ2n) is 4.48. The van der Waals surface area contributed by atoms with Crippen molar-refractivity contribution in [1.29, 1.82) is 0 Å². The van der Waals surface area contributed by atoms with Gasteiger partial charge in [0.25, 0.3) is 0 Å². The van der Waals surface area contributed by atoms with E-state index in [1.54, 1.807) is 6.26 Å². The molecule has 0 aliphatic rings. The number of aryl methyl sites for hydroxylation is 2. The number of hydrogen-bond acceptors (Lipinski definition) is 2. The Bertz CT molecular complexity index is 714. The van der Waals surface area contributed by atoms with Crippen LogP contribution in [0, 0.1) is 13.8 Å². The third kappa shape index (κ3) is 2.17. The van der Waals surface area contributed by atoms with Gasteiger partial charge in [-0.25, -0.2) is 4.68 Å². The summed E-state index contributed by atoms with van der Waals surface area (Å²) in [6.07, 6.45) is 1.65. The number of nitrogens with zero attached hydrogens (tertiary/aromatic N) is 2. The summed E-state index contributed by atoms with van der Waals surface area (Å²) in [4.78, 5) is 0. The first-order valence-corrected chi connectivity index (χ1v) is 6.40. The maximum atomic E-state index is 6.36. The van der Waals surface area contributed by atoms with Crippen molar-refractivity contribution in [3.05, 3.63) is 59.1 Å². The summed E-state index contributed by atoms with van der Waals surface area (Å²) in [5.41, 5.74) is 3.87. The van der Waals surface area contributed by atoms with Gasteiger partial charge < -0.3 is 4.42 Å². The van der Waals surface area contributed by atoms with Gasteiger partial charge in [-0.3, -0.25) is 0 Å². The lowest BCUT2D eigenvalue weighted by molar-refractivity contribution is 0.582. The van der Waals surface area contributed by atoms with Crippen molar-refractivity contribution in [3.8, 4) is 17.0 Å². The standard InChI is InChI=1S/C15H13ClN2O/c1-10-8-11(2)18(17-10)14-6-5-12(9-13(14)16)15-4-3-7-19-15/h3-9H,1-2H3. The third-order valence-corrected chi connectivity index (χ3v) is 3.29. The Hall–Kier alpha value is -2.00. The Balaban J connectivity index is 2.08. The second-order valence-corrected chi connectivity index (χ2v) is 4.89. The van der Waals surface area contributed by atoms with Crippen LogP contribution >= 0.6 is 11.6 Å². The number of furan rings is 1. The van der Waals surface area contributed by atoms with Gasteiger partial charge in [-0.15, -0.1) is 0 Å². The van der Waals surface area contributed by atoms with Crippen molar-refractivity contribution in [2.24, 2.45) is 0 Å². The predicted molar refractivity (Wildman–Crippen MR) is 75.8 cm³/mol. The van der Waals surface area contributed by atoms with E-state index in [0.717, 1.165) is 28.4 Å². The third-order valence-electron chi connectivity index (χ3n) is 2.99. The van der Waals surface area contributed by atoms with Crippen molar-refractivity contribution in [2.45, 2.75) is 13.8 Å². The zero-order valence-corrected chi connectivity index (χ0v) is 11.5. The van der Waals surface area contributed by atoms with Gasteiger partial charge in [0.1, 0.15) is 5.76 Å². The van der Waals surface area contributed by atoms with E-state index in [-0.39, 0.29) is 0 Å². The smallest absolute Gasteiger partial charge is 0.133 e. The second kappa shape index (κ2) is 4.59. The van der Waals surface area contributed by atoms with Crippen LogP contribution < -0.4 is 0 Å². The van der Waals surface area contributed by atoms with E-state index in [4.69, 9.17) is 16.0 Å². The molecule has 3 rings (SSSR count). The van der Waals surface area contributed by atoms with Gasteiger partial charge in [-0.05, 0) is 50.2 Å². The Kier molecular flexibility index (Phi) is 2.91. The van der Waals surface area contributed by atoms with Gasteiger partial charge in [-0.2, -0.15) is 5.10 Å². The van der Waals surface area contributed by atoms with Crippen LogP contribution in [-0.4, -0.2) is 9.78 Å². The molecule has 0 atom stereocenters. The molecule has 1 aromatic carbocycles. The molecule has 0 N–H and O–H groups in total. The van der Waals surface area contributed by atoms with Crippen molar-refractivity contribution in [1.82, 2.24) is 9.78 Å². The SMILES string of the molecule is Cc1cc(C)n(-c2ccc(-c3ccco3)cc2Cl)n1. The highest BCUT2D eigenvalue weighted by molar-refractivity contribution is 6.32. The Morgan fingerprint density at radius 1 is 1.16 bits per heavy atom. The van der Waals surface area contributed by atoms with Crippen molar-refractivity contribution < 1.29 is 4.42 Å². The molecule has 3 aromatic rings. The lowest BCUT2D eigenvalue weighted by atomic mass is 10.1. The van der Waals surface area contributed by atoms with Gasteiger partial charge in [0, 0.05) is 11.3 Å². The molecule has 0 bridgehead atoms. The fourth-order valence-electron chi connectivity index (χ4n) is 2.15. The summed E-state index contributed by atoms with van der Waals surface area (Å²) in [5.74, 6) is 0.807. The summed E-state index contributed by atoms with van der Waals surface area (Å²) < 4.78 is 7.22. The molecule has 0 aliphatic carbocycles. The van der Waals surface area contributed by atoms with Gasteiger partial charge in [-0.1, -0.05) is 11.6 Å². The van der Waals surface area contributed by atoms with Crippen LogP contribution in [-0.2, 0) is 0 Å².